The molecule has 2 aromatic rings. The third kappa shape index (κ3) is 4.23. The van der Waals surface area contributed by atoms with Crippen molar-refractivity contribution in [3.8, 4) is 0 Å². The van der Waals surface area contributed by atoms with Crippen LogP contribution in [-0.2, 0) is 6.42 Å². The van der Waals surface area contributed by atoms with Crippen LogP contribution in [0.25, 0.3) is 0 Å². The largest absolute Gasteiger partial charge is 0.310 e. The highest BCUT2D eigenvalue weighted by molar-refractivity contribution is 9.10. The zero-order valence-corrected chi connectivity index (χ0v) is 14.3. The fraction of sp³-hybridized carbons (Fsp3) is 0.250. The molecule has 0 aliphatic carbocycles. The summed E-state index contributed by atoms with van der Waals surface area (Å²) in [7, 11) is 0. The summed E-state index contributed by atoms with van der Waals surface area (Å²) >= 11 is 15.8. The summed E-state index contributed by atoms with van der Waals surface area (Å²) in [4.78, 5) is 0. The van der Waals surface area contributed by atoms with Crippen LogP contribution >= 0.6 is 39.1 Å². The maximum Gasteiger partial charge on any atom is 0.0410 e. The average Bonchev–Trinajstić information content (AvgIpc) is 2.41. The first kappa shape index (κ1) is 15.8. The highest BCUT2D eigenvalue weighted by Crippen LogP contribution is 2.29. The summed E-state index contributed by atoms with van der Waals surface area (Å²) in [5, 5.41) is 5.02. The standard InChI is InChI=1S/C16H16BrCl2N/c1-2-20-16(9-11-4-3-5-12(18)8-11)14-10-13(19)6-7-15(14)17/h3-8,10,16,20H,2,9H2,1H3. The molecule has 1 nitrogen and oxygen atoms in total. The number of nitrogens with one attached hydrogen (secondary N) is 1. The fourth-order valence-corrected chi connectivity index (χ4v) is 3.14. The van der Waals surface area contributed by atoms with E-state index in [1.165, 1.54) is 11.1 Å². The molecule has 0 radical (unpaired) electrons. The second kappa shape index (κ2) is 7.46. The molecule has 2 aromatic carbocycles. The second-order valence-corrected chi connectivity index (χ2v) is 6.34. The maximum atomic E-state index is 6.12. The molecule has 20 heavy (non-hydrogen) atoms. The van der Waals surface area contributed by atoms with Crippen molar-refractivity contribution in [2.45, 2.75) is 19.4 Å². The van der Waals surface area contributed by atoms with Gasteiger partial charge in [-0.05, 0) is 54.4 Å². The Hall–Kier alpha value is -0.540. The Labute approximate surface area is 138 Å². The van der Waals surface area contributed by atoms with Gasteiger partial charge in [0.25, 0.3) is 0 Å². The van der Waals surface area contributed by atoms with E-state index in [1.54, 1.807) is 0 Å². The van der Waals surface area contributed by atoms with Crippen LogP contribution in [0.5, 0.6) is 0 Å². The monoisotopic (exact) mass is 371 g/mol. The van der Waals surface area contributed by atoms with E-state index < -0.39 is 0 Å². The quantitative estimate of drug-likeness (QED) is 0.714. The predicted molar refractivity (Wildman–Crippen MR) is 90.7 cm³/mol. The number of rotatable bonds is 5. The molecule has 0 aromatic heterocycles. The zero-order valence-electron chi connectivity index (χ0n) is 11.2. The third-order valence-corrected chi connectivity index (χ3v) is 4.31. The van der Waals surface area contributed by atoms with Crippen LogP contribution in [0.15, 0.2) is 46.9 Å². The summed E-state index contributed by atoms with van der Waals surface area (Å²) in [5.41, 5.74) is 2.37. The molecular formula is C16H16BrCl2N. The molecule has 0 fully saturated rings. The molecule has 0 spiro atoms. The molecule has 1 N–H and O–H groups in total. The van der Waals surface area contributed by atoms with E-state index in [-0.39, 0.29) is 6.04 Å². The van der Waals surface area contributed by atoms with Crippen molar-refractivity contribution in [2.24, 2.45) is 0 Å². The van der Waals surface area contributed by atoms with Crippen molar-refractivity contribution in [1.82, 2.24) is 5.32 Å². The Morgan fingerprint density at radius 2 is 1.85 bits per heavy atom. The Morgan fingerprint density at radius 1 is 1.10 bits per heavy atom. The van der Waals surface area contributed by atoms with Crippen molar-refractivity contribution in [3.05, 3.63) is 68.1 Å². The summed E-state index contributed by atoms with van der Waals surface area (Å²) in [6.07, 6.45) is 0.868. The van der Waals surface area contributed by atoms with Gasteiger partial charge in [-0.2, -0.15) is 0 Å². The Balaban J connectivity index is 2.29. The van der Waals surface area contributed by atoms with Crippen LogP contribution in [0.3, 0.4) is 0 Å². The van der Waals surface area contributed by atoms with E-state index in [2.05, 4.69) is 34.2 Å². The van der Waals surface area contributed by atoms with Gasteiger partial charge in [0.2, 0.25) is 0 Å². The van der Waals surface area contributed by atoms with Crippen LogP contribution in [0, 0.1) is 0 Å². The first-order valence-electron chi connectivity index (χ1n) is 6.53. The molecule has 0 saturated carbocycles. The average molecular weight is 373 g/mol. The molecule has 0 bridgehead atoms. The molecular weight excluding hydrogens is 357 g/mol. The highest BCUT2D eigenvalue weighted by atomic mass is 79.9. The molecule has 0 amide bonds. The summed E-state index contributed by atoms with van der Waals surface area (Å²) < 4.78 is 1.06. The summed E-state index contributed by atoms with van der Waals surface area (Å²) in [6.45, 7) is 2.99. The number of hydrogen-bond acceptors (Lipinski definition) is 1. The molecule has 2 rings (SSSR count). The van der Waals surface area contributed by atoms with Crippen LogP contribution < -0.4 is 5.32 Å². The van der Waals surface area contributed by atoms with Gasteiger partial charge in [-0.25, -0.2) is 0 Å². The number of likely N-dealkylation sites (N-methyl/N-ethyl adjacent to an activating group) is 1. The van der Waals surface area contributed by atoms with Gasteiger partial charge in [0, 0.05) is 20.6 Å². The lowest BCUT2D eigenvalue weighted by molar-refractivity contribution is 0.548. The van der Waals surface area contributed by atoms with Crippen LogP contribution in [0.4, 0.5) is 0 Å². The highest BCUT2D eigenvalue weighted by Gasteiger charge is 2.15. The Kier molecular flexibility index (Phi) is 5.91. The second-order valence-electron chi connectivity index (χ2n) is 4.61. The van der Waals surface area contributed by atoms with Gasteiger partial charge < -0.3 is 5.32 Å². The molecule has 1 atom stereocenters. The maximum absolute atomic E-state index is 6.12. The van der Waals surface area contributed by atoms with Gasteiger partial charge in [0.1, 0.15) is 0 Å². The van der Waals surface area contributed by atoms with Gasteiger partial charge in [0.15, 0.2) is 0 Å². The van der Waals surface area contributed by atoms with Crippen molar-refractivity contribution in [2.75, 3.05) is 6.54 Å². The van der Waals surface area contributed by atoms with Crippen molar-refractivity contribution < 1.29 is 0 Å². The first-order valence-corrected chi connectivity index (χ1v) is 8.08. The zero-order chi connectivity index (χ0) is 14.5. The van der Waals surface area contributed by atoms with Crippen molar-refractivity contribution >= 4 is 39.1 Å². The lowest BCUT2D eigenvalue weighted by atomic mass is 9.99. The minimum absolute atomic E-state index is 0.201. The SMILES string of the molecule is CCNC(Cc1cccc(Cl)c1)c1cc(Cl)ccc1Br. The van der Waals surface area contributed by atoms with Gasteiger partial charge in [-0.15, -0.1) is 0 Å². The minimum atomic E-state index is 0.201. The lowest BCUT2D eigenvalue weighted by Gasteiger charge is -2.20. The van der Waals surface area contributed by atoms with Crippen LogP contribution in [-0.4, -0.2) is 6.54 Å². The van der Waals surface area contributed by atoms with Gasteiger partial charge in [-0.3, -0.25) is 0 Å². The van der Waals surface area contributed by atoms with Crippen molar-refractivity contribution in [1.29, 1.82) is 0 Å². The molecule has 1 unspecified atom stereocenters. The number of hydrogen-bond donors (Lipinski definition) is 1. The normalized spacial score (nSPS) is 12.4. The van der Waals surface area contributed by atoms with Gasteiger partial charge >= 0.3 is 0 Å². The number of halogens is 3. The van der Waals surface area contributed by atoms with E-state index in [1.807, 2.05) is 36.4 Å². The summed E-state index contributed by atoms with van der Waals surface area (Å²) in [6, 6.07) is 14.0. The molecule has 0 saturated heterocycles. The molecule has 0 aliphatic rings. The minimum Gasteiger partial charge on any atom is -0.310 e. The van der Waals surface area contributed by atoms with E-state index in [0.717, 1.165) is 27.5 Å². The van der Waals surface area contributed by atoms with Crippen LogP contribution in [0.1, 0.15) is 24.1 Å². The van der Waals surface area contributed by atoms with Crippen LogP contribution in [0.2, 0.25) is 10.0 Å². The molecule has 4 heteroatoms. The molecule has 0 aliphatic heterocycles. The fourth-order valence-electron chi connectivity index (χ4n) is 2.22. The van der Waals surface area contributed by atoms with E-state index in [4.69, 9.17) is 23.2 Å². The lowest BCUT2D eigenvalue weighted by Crippen LogP contribution is -2.23. The van der Waals surface area contributed by atoms with E-state index >= 15 is 0 Å². The summed E-state index contributed by atoms with van der Waals surface area (Å²) in [5.74, 6) is 0. The Morgan fingerprint density at radius 3 is 2.55 bits per heavy atom. The number of benzene rings is 2. The van der Waals surface area contributed by atoms with Gasteiger partial charge in [0.05, 0.1) is 0 Å². The van der Waals surface area contributed by atoms with E-state index in [0.29, 0.717) is 0 Å². The predicted octanol–water partition coefficient (Wildman–Crippen LogP) is 5.65. The Bertz CT molecular complexity index is 586. The first-order chi connectivity index (χ1) is 9.60. The van der Waals surface area contributed by atoms with Gasteiger partial charge in [-0.1, -0.05) is 58.2 Å². The van der Waals surface area contributed by atoms with E-state index in [9.17, 15) is 0 Å². The topological polar surface area (TPSA) is 12.0 Å². The molecule has 106 valence electrons. The molecule has 0 heterocycles. The smallest absolute Gasteiger partial charge is 0.0410 e. The third-order valence-electron chi connectivity index (χ3n) is 3.11. The van der Waals surface area contributed by atoms with Crippen molar-refractivity contribution in [3.63, 3.8) is 0 Å².